The van der Waals surface area contributed by atoms with E-state index in [1.807, 2.05) is 18.2 Å². The van der Waals surface area contributed by atoms with Gasteiger partial charge in [-0.1, -0.05) is 30.3 Å². The Bertz CT molecular complexity index is 1100. The molecule has 2 N–H and O–H groups in total. The van der Waals surface area contributed by atoms with Gasteiger partial charge >= 0.3 is 0 Å². The van der Waals surface area contributed by atoms with Crippen molar-refractivity contribution in [3.05, 3.63) is 95.8 Å². The predicted molar refractivity (Wildman–Crippen MR) is 122 cm³/mol. The molecule has 3 aromatic rings. The van der Waals surface area contributed by atoms with Crippen LogP contribution in [0.5, 0.6) is 0 Å². The number of hydrogen-bond donors (Lipinski definition) is 2. The van der Waals surface area contributed by atoms with Crippen LogP contribution in [-0.4, -0.2) is 34.1 Å². The quantitative estimate of drug-likeness (QED) is 0.427. The van der Waals surface area contributed by atoms with Gasteiger partial charge in [0.05, 0.1) is 11.5 Å². The van der Waals surface area contributed by atoms with Crippen molar-refractivity contribution >= 4 is 21.6 Å². The van der Waals surface area contributed by atoms with Crippen LogP contribution in [-0.2, 0) is 21.2 Å². The fraction of sp³-hybridized carbons (Fsp3) is 0.208. The Hall–Kier alpha value is -3.23. The first-order valence-corrected chi connectivity index (χ1v) is 11.7. The Morgan fingerprint density at radius 1 is 0.875 bits per heavy atom. The van der Waals surface area contributed by atoms with Crippen molar-refractivity contribution in [1.82, 2.24) is 5.32 Å². The lowest BCUT2D eigenvalue weighted by Crippen LogP contribution is -2.25. The third kappa shape index (κ3) is 7.18. The normalized spacial score (nSPS) is 11.2. The van der Waals surface area contributed by atoms with E-state index < -0.39 is 15.8 Å². The molecule has 0 fully saturated rings. The number of halogens is 1. The third-order valence-electron chi connectivity index (χ3n) is 4.65. The monoisotopic (exact) mass is 456 g/mol. The molecule has 0 saturated heterocycles. The molecule has 0 bridgehead atoms. The molecular weight excluding hydrogens is 431 g/mol. The molecule has 0 radical (unpaired) electrons. The van der Waals surface area contributed by atoms with Gasteiger partial charge in [-0.2, -0.15) is 0 Å². The van der Waals surface area contributed by atoms with E-state index in [1.165, 1.54) is 42.0 Å². The molecule has 0 saturated carbocycles. The molecule has 168 valence electrons. The van der Waals surface area contributed by atoms with Crippen LogP contribution in [0.2, 0.25) is 0 Å². The second-order valence-electron chi connectivity index (χ2n) is 7.09. The fourth-order valence-corrected chi connectivity index (χ4v) is 3.99. The maximum Gasteiger partial charge on any atom is 0.261 e. The second kappa shape index (κ2) is 11.4. The Labute approximate surface area is 187 Å². The van der Waals surface area contributed by atoms with Crippen molar-refractivity contribution in [3.63, 3.8) is 0 Å². The first-order chi connectivity index (χ1) is 15.4. The lowest BCUT2D eigenvalue weighted by Gasteiger charge is -2.09. The lowest BCUT2D eigenvalue weighted by molar-refractivity contribution is 0.0942. The summed E-state index contributed by atoms with van der Waals surface area (Å²) in [4.78, 5) is 12.2. The summed E-state index contributed by atoms with van der Waals surface area (Å²) in [5, 5.41) is 2.81. The smallest absolute Gasteiger partial charge is 0.261 e. The summed E-state index contributed by atoms with van der Waals surface area (Å²) in [6.07, 6.45) is 1.54. The van der Waals surface area contributed by atoms with E-state index in [0.717, 1.165) is 18.6 Å². The van der Waals surface area contributed by atoms with Gasteiger partial charge in [-0.15, -0.1) is 0 Å². The fourth-order valence-electron chi connectivity index (χ4n) is 2.93. The van der Waals surface area contributed by atoms with E-state index in [2.05, 4.69) is 22.2 Å². The first-order valence-electron chi connectivity index (χ1n) is 10.2. The Morgan fingerprint density at radius 2 is 1.56 bits per heavy atom. The number of carbonyl (C=O) groups is 1. The number of amides is 1. The van der Waals surface area contributed by atoms with Crippen molar-refractivity contribution in [2.75, 3.05) is 24.5 Å². The highest BCUT2D eigenvalue weighted by Gasteiger charge is 2.14. The molecule has 0 aliphatic carbocycles. The van der Waals surface area contributed by atoms with Gasteiger partial charge in [-0.05, 0) is 66.9 Å². The topological polar surface area (TPSA) is 84.5 Å². The van der Waals surface area contributed by atoms with Crippen molar-refractivity contribution in [2.24, 2.45) is 0 Å². The standard InChI is InChI=1S/C24H25FN2O4S/c25-21-9-13-23(14-10-21)32(29,30)27-22-11-7-20(8-12-22)24(28)26-16-4-17-31-18-15-19-5-2-1-3-6-19/h1-3,5-14,27H,4,15-18H2,(H,26,28). The highest BCUT2D eigenvalue weighted by Crippen LogP contribution is 2.17. The van der Waals surface area contributed by atoms with Gasteiger partial charge in [0.1, 0.15) is 5.82 Å². The molecule has 8 heteroatoms. The zero-order valence-electron chi connectivity index (χ0n) is 17.5. The SMILES string of the molecule is O=C(NCCCOCCc1ccccc1)c1ccc(NS(=O)(=O)c2ccc(F)cc2)cc1. The number of rotatable bonds is 11. The summed E-state index contributed by atoms with van der Waals surface area (Å²) in [7, 11) is -3.84. The average Bonchev–Trinajstić information content (AvgIpc) is 2.79. The molecule has 0 atom stereocenters. The van der Waals surface area contributed by atoms with Gasteiger partial charge in [0.25, 0.3) is 15.9 Å². The number of nitrogens with one attached hydrogen (secondary N) is 2. The summed E-state index contributed by atoms with van der Waals surface area (Å²) >= 11 is 0. The van der Waals surface area contributed by atoms with E-state index in [-0.39, 0.29) is 10.8 Å². The largest absolute Gasteiger partial charge is 0.381 e. The Morgan fingerprint density at radius 3 is 2.25 bits per heavy atom. The first kappa shape index (κ1) is 23.4. The van der Waals surface area contributed by atoms with Gasteiger partial charge in [0, 0.05) is 24.4 Å². The van der Waals surface area contributed by atoms with Crippen molar-refractivity contribution in [2.45, 2.75) is 17.7 Å². The molecule has 0 spiro atoms. The molecule has 0 heterocycles. The molecule has 32 heavy (non-hydrogen) atoms. The Balaban J connectivity index is 1.38. The minimum Gasteiger partial charge on any atom is -0.381 e. The number of sulfonamides is 1. The van der Waals surface area contributed by atoms with Crippen LogP contribution in [0.4, 0.5) is 10.1 Å². The van der Waals surface area contributed by atoms with Crippen LogP contribution in [0.15, 0.2) is 83.8 Å². The summed E-state index contributed by atoms with van der Waals surface area (Å²) in [5.41, 5.74) is 1.95. The van der Waals surface area contributed by atoms with E-state index in [1.54, 1.807) is 0 Å². The molecule has 0 unspecified atom stereocenters. The average molecular weight is 457 g/mol. The molecule has 3 aromatic carbocycles. The van der Waals surface area contributed by atoms with E-state index in [9.17, 15) is 17.6 Å². The highest BCUT2D eigenvalue weighted by molar-refractivity contribution is 7.92. The molecular formula is C24H25FN2O4S. The van der Waals surface area contributed by atoms with Crippen molar-refractivity contribution in [1.29, 1.82) is 0 Å². The van der Waals surface area contributed by atoms with Crippen LogP contribution in [0.3, 0.4) is 0 Å². The van der Waals surface area contributed by atoms with Crippen LogP contribution in [0.1, 0.15) is 22.3 Å². The minimum atomic E-state index is -3.84. The summed E-state index contributed by atoms with van der Waals surface area (Å²) in [5.74, 6) is -0.764. The van der Waals surface area contributed by atoms with E-state index >= 15 is 0 Å². The van der Waals surface area contributed by atoms with Gasteiger partial charge in [-0.25, -0.2) is 12.8 Å². The highest BCUT2D eigenvalue weighted by atomic mass is 32.2. The van der Waals surface area contributed by atoms with Crippen molar-refractivity contribution in [3.8, 4) is 0 Å². The summed E-state index contributed by atoms with van der Waals surface area (Å²) in [6, 6.07) is 20.7. The van der Waals surface area contributed by atoms with Gasteiger partial charge < -0.3 is 10.1 Å². The predicted octanol–water partition coefficient (Wildman–Crippen LogP) is 4.01. The zero-order chi connectivity index (χ0) is 22.8. The number of hydrogen-bond acceptors (Lipinski definition) is 4. The second-order valence-corrected chi connectivity index (χ2v) is 8.78. The maximum absolute atomic E-state index is 13.0. The van der Waals surface area contributed by atoms with Crippen LogP contribution in [0, 0.1) is 5.82 Å². The van der Waals surface area contributed by atoms with Gasteiger partial charge in [0.2, 0.25) is 0 Å². The molecule has 3 rings (SSSR count). The lowest BCUT2D eigenvalue weighted by atomic mass is 10.2. The van der Waals surface area contributed by atoms with Crippen molar-refractivity contribution < 1.29 is 22.3 Å². The number of carbonyl (C=O) groups excluding carboxylic acids is 1. The van der Waals surface area contributed by atoms with Crippen LogP contribution >= 0.6 is 0 Å². The number of ether oxygens (including phenoxy) is 1. The van der Waals surface area contributed by atoms with Gasteiger partial charge in [-0.3, -0.25) is 9.52 Å². The zero-order valence-corrected chi connectivity index (χ0v) is 18.3. The maximum atomic E-state index is 13.0. The molecule has 0 aromatic heterocycles. The summed E-state index contributed by atoms with van der Waals surface area (Å²) < 4.78 is 45.7. The summed E-state index contributed by atoms with van der Waals surface area (Å²) in [6.45, 7) is 1.66. The molecule has 6 nitrogen and oxygen atoms in total. The number of anilines is 1. The van der Waals surface area contributed by atoms with Crippen LogP contribution in [0.25, 0.3) is 0 Å². The number of benzene rings is 3. The van der Waals surface area contributed by atoms with E-state index in [4.69, 9.17) is 4.74 Å². The molecule has 0 aliphatic heterocycles. The van der Waals surface area contributed by atoms with Gasteiger partial charge in [0.15, 0.2) is 0 Å². The third-order valence-corrected chi connectivity index (χ3v) is 6.05. The van der Waals surface area contributed by atoms with E-state index in [0.29, 0.717) is 37.4 Å². The Kier molecular flexibility index (Phi) is 8.35. The minimum absolute atomic E-state index is 0.0493. The van der Waals surface area contributed by atoms with Crippen LogP contribution < -0.4 is 10.0 Å². The molecule has 1 amide bonds. The molecule has 0 aliphatic rings.